The number of benzene rings is 2. The smallest absolute Gasteiger partial charge is 0.285 e. The number of ether oxygens (including phenoxy) is 1. The van der Waals surface area contributed by atoms with E-state index in [9.17, 15) is 19.7 Å². The molecule has 8 heteroatoms. The van der Waals surface area contributed by atoms with Crippen LogP contribution in [0.1, 0.15) is 5.56 Å². The van der Waals surface area contributed by atoms with E-state index < -0.39 is 16.4 Å². The fourth-order valence-corrected chi connectivity index (χ4v) is 2.71. The second kappa shape index (κ2) is 9.32. The Morgan fingerprint density at radius 3 is 2.52 bits per heavy atom. The number of para-hydroxylation sites is 2. The molecular formula is C21H19N3O5. The van der Waals surface area contributed by atoms with Crippen molar-refractivity contribution < 1.29 is 14.5 Å². The average Bonchev–Trinajstić information content (AvgIpc) is 2.71. The number of rotatable bonds is 8. The highest BCUT2D eigenvalue weighted by Gasteiger charge is 2.12. The molecule has 0 bridgehead atoms. The summed E-state index contributed by atoms with van der Waals surface area (Å²) in [5, 5.41) is 13.6. The second-order valence-corrected chi connectivity index (χ2v) is 6.24. The van der Waals surface area contributed by atoms with Crippen LogP contribution in [0.15, 0.2) is 77.7 Å². The minimum Gasteiger partial charge on any atom is -0.491 e. The van der Waals surface area contributed by atoms with Crippen LogP contribution in [0.3, 0.4) is 0 Å². The molecule has 8 nitrogen and oxygen atoms in total. The number of hydrogen-bond donors (Lipinski definition) is 1. The number of anilines is 1. The highest BCUT2D eigenvalue weighted by atomic mass is 16.6. The quantitative estimate of drug-likeness (QED) is 0.468. The highest BCUT2D eigenvalue weighted by Crippen LogP contribution is 2.24. The van der Waals surface area contributed by atoms with Gasteiger partial charge in [-0.15, -0.1) is 0 Å². The first-order valence-corrected chi connectivity index (χ1v) is 8.93. The van der Waals surface area contributed by atoms with E-state index in [0.29, 0.717) is 24.5 Å². The molecule has 3 aromatic rings. The van der Waals surface area contributed by atoms with Crippen molar-refractivity contribution in [2.24, 2.45) is 0 Å². The SMILES string of the molecule is O=C(Cn1cc([N+](=O)[O-])ccc1=O)Nc1ccccc1OCCc1ccccc1. The predicted molar refractivity (Wildman–Crippen MR) is 108 cm³/mol. The molecule has 1 N–H and O–H groups in total. The fourth-order valence-electron chi connectivity index (χ4n) is 2.71. The Morgan fingerprint density at radius 2 is 1.76 bits per heavy atom. The summed E-state index contributed by atoms with van der Waals surface area (Å²) in [6, 6.07) is 19.0. The van der Waals surface area contributed by atoms with Crippen LogP contribution in [0.25, 0.3) is 0 Å². The molecule has 29 heavy (non-hydrogen) atoms. The number of pyridine rings is 1. The van der Waals surface area contributed by atoms with Gasteiger partial charge in [-0.2, -0.15) is 0 Å². The molecular weight excluding hydrogens is 374 g/mol. The molecule has 0 spiro atoms. The van der Waals surface area contributed by atoms with E-state index >= 15 is 0 Å². The van der Waals surface area contributed by atoms with Crippen LogP contribution in [-0.4, -0.2) is 22.0 Å². The Labute approximate surface area is 166 Å². The zero-order chi connectivity index (χ0) is 20.6. The van der Waals surface area contributed by atoms with E-state index in [4.69, 9.17) is 4.74 Å². The average molecular weight is 393 g/mol. The number of nitro groups is 1. The van der Waals surface area contributed by atoms with E-state index in [0.717, 1.165) is 28.5 Å². The Hall–Kier alpha value is -3.94. The first kappa shape index (κ1) is 19.8. The molecule has 0 aliphatic rings. The Bertz CT molecular complexity index is 1060. The minimum atomic E-state index is -0.621. The number of aromatic nitrogens is 1. The van der Waals surface area contributed by atoms with Gasteiger partial charge in [0.1, 0.15) is 12.3 Å². The third kappa shape index (κ3) is 5.52. The van der Waals surface area contributed by atoms with Crippen molar-refractivity contribution in [1.29, 1.82) is 0 Å². The summed E-state index contributed by atoms with van der Waals surface area (Å²) in [6.45, 7) is 0.0834. The van der Waals surface area contributed by atoms with Gasteiger partial charge in [-0.05, 0) is 17.7 Å². The van der Waals surface area contributed by atoms with E-state index in [2.05, 4.69) is 5.32 Å². The molecule has 0 aliphatic carbocycles. The summed E-state index contributed by atoms with van der Waals surface area (Å²) in [5.41, 5.74) is 0.836. The molecule has 148 valence electrons. The number of amides is 1. The van der Waals surface area contributed by atoms with E-state index in [1.165, 1.54) is 0 Å². The summed E-state index contributed by atoms with van der Waals surface area (Å²) in [7, 11) is 0. The van der Waals surface area contributed by atoms with Crippen LogP contribution in [0.2, 0.25) is 0 Å². The number of carbonyl (C=O) groups is 1. The molecule has 1 aromatic heterocycles. The maximum absolute atomic E-state index is 12.4. The van der Waals surface area contributed by atoms with Gasteiger partial charge >= 0.3 is 0 Å². The molecule has 0 aliphatic heterocycles. The largest absolute Gasteiger partial charge is 0.491 e. The topological polar surface area (TPSA) is 103 Å². The van der Waals surface area contributed by atoms with Crippen molar-refractivity contribution in [3.8, 4) is 5.75 Å². The van der Waals surface area contributed by atoms with Gasteiger partial charge in [-0.3, -0.25) is 24.3 Å². The van der Waals surface area contributed by atoms with Crippen molar-refractivity contribution in [3.63, 3.8) is 0 Å². The van der Waals surface area contributed by atoms with Gasteiger partial charge < -0.3 is 10.1 Å². The van der Waals surface area contributed by atoms with Crippen molar-refractivity contribution in [2.45, 2.75) is 13.0 Å². The predicted octanol–water partition coefficient (Wildman–Crippen LogP) is 3.02. The molecule has 0 atom stereocenters. The second-order valence-electron chi connectivity index (χ2n) is 6.24. The normalized spacial score (nSPS) is 10.3. The monoisotopic (exact) mass is 393 g/mol. The number of nitrogens with zero attached hydrogens (tertiary/aromatic N) is 2. The lowest BCUT2D eigenvalue weighted by atomic mass is 10.2. The van der Waals surface area contributed by atoms with Gasteiger partial charge in [-0.25, -0.2) is 0 Å². The van der Waals surface area contributed by atoms with Crippen LogP contribution in [-0.2, 0) is 17.8 Å². The van der Waals surface area contributed by atoms with Crippen molar-refractivity contribution in [2.75, 3.05) is 11.9 Å². The molecule has 0 fully saturated rings. The van der Waals surface area contributed by atoms with Gasteiger partial charge in [0.15, 0.2) is 0 Å². The molecule has 0 unspecified atom stereocenters. The van der Waals surface area contributed by atoms with Crippen LogP contribution < -0.4 is 15.6 Å². The summed E-state index contributed by atoms with van der Waals surface area (Å²) in [6.07, 6.45) is 1.76. The van der Waals surface area contributed by atoms with Gasteiger partial charge in [0, 0.05) is 18.6 Å². The molecule has 1 amide bonds. The molecule has 2 aromatic carbocycles. The maximum atomic E-state index is 12.4. The summed E-state index contributed by atoms with van der Waals surface area (Å²) < 4.78 is 6.79. The number of nitrogens with one attached hydrogen (secondary N) is 1. The molecule has 3 rings (SSSR count). The van der Waals surface area contributed by atoms with Gasteiger partial charge in [-0.1, -0.05) is 42.5 Å². The van der Waals surface area contributed by atoms with Crippen LogP contribution in [0.4, 0.5) is 11.4 Å². The third-order valence-electron chi connectivity index (χ3n) is 4.14. The molecule has 0 radical (unpaired) electrons. The molecule has 0 saturated carbocycles. The number of carbonyl (C=O) groups excluding carboxylic acids is 1. The molecule has 1 heterocycles. The number of hydrogen-bond acceptors (Lipinski definition) is 5. The zero-order valence-corrected chi connectivity index (χ0v) is 15.5. The van der Waals surface area contributed by atoms with Crippen molar-refractivity contribution in [1.82, 2.24) is 4.57 Å². The Balaban J connectivity index is 1.64. The maximum Gasteiger partial charge on any atom is 0.285 e. The lowest BCUT2D eigenvalue weighted by Gasteiger charge is -2.13. The van der Waals surface area contributed by atoms with Crippen LogP contribution in [0.5, 0.6) is 5.75 Å². The van der Waals surface area contributed by atoms with Crippen molar-refractivity contribution >= 4 is 17.3 Å². The van der Waals surface area contributed by atoms with E-state index in [1.807, 2.05) is 30.3 Å². The lowest BCUT2D eigenvalue weighted by molar-refractivity contribution is -0.385. The van der Waals surface area contributed by atoms with Gasteiger partial charge in [0.2, 0.25) is 5.91 Å². The third-order valence-corrected chi connectivity index (χ3v) is 4.14. The highest BCUT2D eigenvalue weighted by molar-refractivity contribution is 5.92. The Morgan fingerprint density at radius 1 is 1.03 bits per heavy atom. The summed E-state index contributed by atoms with van der Waals surface area (Å²) >= 11 is 0. The minimum absolute atomic E-state index is 0.262. The van der Waals surface area contributed by atoms with Gasteiger partial charge in [0.25, 0.3) is 11.2 Å². The fraction of sp³-hybridized carbons (Fsp3) is 0.143. The Kier molecular flexibility index (Phi) is 6.36. The van der Waals surface area contributed by atoms with E-state index in [1.54, 1.807) is 24.3 Å². The first-order valence-electron chi connectivity index (χ1n) is 8.93. The van der Waals surface area contributed by atoms with Crippen molar-refractivity contribution in [3.05, 3.63) is 99.0 Å². The van der Waals surface area contributed by atoms with Gasteiger partial charge in [0.05, 0.1) is 23.4 Å². The van der Waals surface area contributed by atoms with E-state index in [-0.39, 0.29) is 12.2 Å². The van der Waals surface area contributed by atoms with Crippen LogP contribution >= 0.6 is 0 Å². The first-order chi connectivity index (χ1) is 14.0. The van der Waals surface area contributed by atoms with Crippen LogP contribution in [0, 0.1) is 10.1 Å². The summed E-state index contributed by atoms with van der Waals surface area (Å²) in [4.78, 5) is 34.5. The molecule has 0 saturated heterocycles. The summed E-state index contributed by atoms with van der Waals surface area (Å²) in [5.74, 6) is 0.00915. The zero-order valence-electron chi connectivity index (χ0n) is 15.5. The lowest BCUT2D eigenvalue weighted by Crippen LogP contribution is -2.27. The standard InChI is InChI=1S/C21H19N3O5/c25-20(15-23-14-17(24(27)28)10-11-21(23)26)22-18-8-4-5-9-19(18)29-13-12-16-6-2-1-3-7-16/h1-11,14H,12-13,15H2,(H,22,25).